The van der Waals surface area contributed by atoms with Gasteiger partial charge in [0.2, 0.25) is 5.91 Å². The molecule has 1 amide bonds. The van der Waals surface area contributed by atoms with Gasteiger partial charge in [0.05, 0.1) is 6.61 Å². The van der Waals surface area contributed by atoms with Crippen LogP contribution >= 0.6 is 0 Å². The molecule has 0 aliphatic carbocycles. The number of nitrogens with zero attached hydrogens (tertiary/aromatic N) is 1. The number of primary amides is 1. The number of hydrogen-bond donors (Lipinski definition) is 2. The minimum atomic E-state index is -0.254. The summed E-state index contributed by atoms with van der Waals surface area (Å²) >= 11 is 0. The number of nitrogens with one attached hydrogen (secondary N) is 1. The molecule has 3 N–H and O–H groups in total. The Kier molecular flexibility index (Phi) is 5.18. The number of piperazine rings is 1. The maximum Gasteiger partial charge on any atom is 0.236 e. The van der Waals surface area contributed by atoms with Gasteiger partial charge in [0, 0.05) is 26.2 Å². The molecule has 0 saturated carbocycles. The van der Waals surface area contributed by atoms with E-state index in [2.05, 4.69) is 10.2 Å². The minimum absolute atomic E-state index is 0.189. The highest BCUT2D eigenvalue weighted by Gasteiger charge is 2.25. The van der Waals surface area contributed by atoms with Crippen molar-refractivity contribution in [3.8, 4) is 5.75 Å². The van der Waals surface area contributed by atoms with E-state index in [1.807, 2.05) is 30.3 Å². The maximum atomic E-state index is 11.3. The summed E-state index contributed by atoms with van der Waals surface area (Å²) in [5, 5.41) is 3.19. The normalized spacial score (nSPS) is 20.1. The van der Waals surface area contributed by atoms with Crippen LogP contribution in [0.25, 0.3) is 0 Å². The number of ether oxygens (including phenoxy) is 1. The Morgan fingerprint density at radius 1 is 1.42 bits per heavy atom. The van der Waals surface area contributed by atoms with Crippen molar-refractivity contribution in [2.24, 2.45) is 5.73 Å². The monoisotopic (exact) mass is 263 g/mol. The van der Waals surface area contributed by atoms with Gasteiger partial charge >= 0.3 is 0 Å². The standard InChI is InChI=1S/C14H21N3O2/c15-14(18)13-11-16-7-9-17(13)8-4-10-19-12-5-2-1-3-6-12/h1-3,5-6,13,16H,4,7-11H2,(H2,15,18). The number of amides is 1. The molecular formula is C14H21N3O2. The number of carbonyl (C=O) groups is 1. The summed E-state index contributed by atoms with van der Waals surface area (Å²) in [6.45, 7) is 3.90. The van der Waals surface area contributed by atoms with Gasteiger partial charge < -0.3 is 15.8 Å². The van der Waals surface area contributed by atoms with Crippen LogP contribution in [-0.4, -0.2) is 49.6 Å². The number of carbonyl (C=O) groups excluding carboxylic acids is 1. The van der Waals surface area contributed by atoms with E-state index in [1.165, 1.54) is 0 Å². The maximum absolute atomic E-state index is 11.3. The zero-order valence-corrected chi connectivity index (χ0v) is 11.0. The fourth-order valence-corrected chi connectivity index (χ4v) is 2.27. The molecule has 19 heavy (non-hydrogen) atoms. The summed E-state index contributed by atoms with van der Waals surface area (Å²) in [7, 11) is 0. The molecule has 5 heteroatoms. The van der Waals surface area contributed by atoms with Gasteiger partial charge in [-0.15, -0.1) is 0 Å². The minimum Gasteiger partial charge on any atom is -0.494 e. The first kappa shape index (κ1) is 13.8. The summed E-state index contributed by atoms with van der Waals surface area (Å²) in [5.41, 5.74) is 5.40. The fraction of sp³-hybridized carbons (Fsp3) is 0.500. The topological polar surface area (TPSA) is 67.6 Å². The van der Waals surface area contributed by atoms with Crippen molar-refractivity contribution < 1.29 is 9.53 Å². The first-order chi connectivity index (χ1) is 9.27. The third-order valence-corrected chi connectivity index (χ3v) is 3.28. The third-order valence-electron chi connectivity index (χ3n) is 3.28. The number of para-hydroxylation sites is 1. The van der Waals surface area contributed by atoms with Crippen molar-refractivity contribution in [2.45, 2.75) is 12.5 Å². The van der Waals surface area contributed by atoms with Crippen molar-refractivity contribution in [1.29, 1.82) is 0 Å². The highest BCUT2D eigenvalue weighted by atomic mass is 16.5. The Bertz CT molecular complexity index is 397. The van der Waals surface area contributed by atoms with Gasteiger partial charge in [0.25, 0.3) is 0 Å². The van der Waals surface area contributed by atoms with Crippen LogP contribution < -0.4 is 15.8 Å². The molecule has 104 valence electrons. The molecule has 1 heterocycles. The van der Waals surface area contributed by atoms with Crippen molar-refractivity contribution >= 4 is 5.91 Å². The van der Waals surface area contributed by atoms with Gasteiger partial charge in [-0.3, -0.25) is 9.69 Å². The van der Waals surface area contributed by atoms with Crippen molar-refractivity contribution in [1.82, 2.24) is 10.2 Å². The zero-order valence-electron chi connectivity index (χ0n) is 11.0. The van der Waals surface area contributed by atoms with E-state index in [9.17, 15) is 4.79 Å². The lowest BCUT2D eigenvalue weighted by Crippen LogP contribution is -2.57. The van der Waals surface area contributed by atoms with Crippen LogP contribution in [0.4, 0.5) is 0 Å². The molecule has 1 aliphatic heterocycles. The summed E-state index contributed by atoms with van der Waals surface area (Å²) in [6, 6.07) is 9.56. The second kappa shape index (κ2) is 7.11. The van der Waals surface area contributed by atoms with Gasteiger partial charge in [-0.1, -0.05) is 18.2 Å². The lowest BCUT2D eigenvalue weighted by Gasteiger charge is -2.34. The molecule has 0 aromatic heterocycles. The number of hydrogen-bond acceptors (Lipinski definition) is 4. The van der Waals surface area contributed by atoms with E-state index in [4.69, 9.17) is 10.5 Å². The molecule has 2 rings (SSSR count). The van der Waals surface area contributed by atoms with E-state index in [1.54, 1.807) is 0 Å². The van der Waals surface area contributed by atoms with E-state index in [0.717, 1.165) is 31.8 Å². The Morgan fingerprint density at radius 2 is 2.21 bits per heavy atom. The molecule has 1 aromatic carbocycles. The quantitative estimate of drug-likeness (QED) is 0.720. The van der Waals surface area contributed by atoms with Gasteiger partial charge in [0.15, 0.2) is 0 Å². The second-order valence-corrected chi connectivity index (χ2v) is 4.67. The molecule has 0 spiro atoms. The second-order valence-electron chi connectivity index (χ2n) is 4.67. The Morgan fingerprint density at radius 3 is 2.95 bits per heavy atom. The Hall–Kier alpha value is -1.59. The molecule has 1 unspecified atom stereocenters. The van der Waals surface area contributed by atoms with Crippen LogP contribution in [0.2, 0.25) is 0 Å². The van der Waals surface area contributed by atoms with E-state index in [0.29, 0.717) is 13.2 Å². The van der Waals surface area contributed by atoms with Crippen LogP contribution in [0.15, 0.2) is 30.3 Å². The highest BCUT2D eigenvalue weighted by Crippen LogP contribution is 2.09. The average molecular weight is 263 g/mol. The largest absolute Gasteiger partial charge is 0.494 e. The molecular weight excluding hydrogens is 242 g/mol. The summed E-state index contributed by atoms with van der Waals surface area (Å²) < 4.78 is 5.63. The average Bonchev–Trinajstić information content (AvgIpc) is 2.45. The molecule has 1 atom stereocenters. The number of nitrogens with two attached hydrogens (primary N) is 1. The lowest BCUT2D eigenvalue weighted by molar-refractivity contribution is -0.123. The van der Waals surface area contributed by atoms with Gasteiger partial charge in [-0.2, -0.15) is 0 Å². The van der Waals surface area contributed by atoms with Gasteiger partial charge in [0.1, 0.15) is 11.8 Å². The molecule has 5 nitrogen and oxygen atoms in total. The Labute approximate surface area is 113 Å². The van der Waals surface area contributed by atoms with Crippen molar-refractivity contribution in [3.63, 3.8) is 0 Å². The zero-order chi connectivity index (χ0) is 13.5. The molecule has 1 aromatic rings. The fourth-order valence-electron chi connectivity index (χ4n) is 2.27. The van der Waals surface area contributed by atoms with Crippen LogP contribution in [0, 0.1) is 0 Å². The third kappa shape index (κ3) is 4.22. The number of benzene rings is 1. The lowest BCUT2D eigenvalue weighted by atomic mass is 10.1. The Balaban J connectivity index is 1.71. The molecule has 1 saturated heterocycles. The predicted molar refractivity (Wildman–Crippen MR) is 74.0 cm³/mol. The smallest absolute Gasteiger partial charge is 0.236 e. The van der Waals surface area contributed by atoms with Crippen LogP contribution in [0.3, 0.4) is 0 Å². The van der Waals surface area contributed by atoms with Crippen molar-refractivity contribution in [3.05, 3.63) is 30.3 Å². The molecule has 1 aliphatic rings. The van der Waals surface area contributed by atoms with Crippen LogP contribution in [-0.2, 0) is 4.79 Å². The highest BCUT2D eigenvalue weighted by molar-refractivity contribution is 5.80. The molecule has 1 fully saturated rings. The first-order valence-electron chi connectivity index (χ1n) is 6.69. The van der Waals surface area contributed by atoms with E-state index in [-0.39, 0.29) is 11.9 Å². The SMILES string of the molecule is NC(=O)C1CNCCN1CCCOc1ccccc1. The summed E-state index contributed by atoms with van der Waals surface area (Å²) in [4.78, 5) is 13.5. The van der Waals surface area contributed by atoms with Crippen LogP contribution in [0.1, 0.15) is 6.42 Å². The van der Waals surface area contributed by atoms with Crippen molar-refractivity contribution in [2.75, 3.05) is 32.8 Å². The molecule has 0 bridgehead atoms. The summed E-state index contributed by atoms with van der Waals surface area (Å²) in [5.74, 6) is 0.630. The predicted octanol–water partition coefficient (Wildman–Crippen LogP) is 0.215. The van der Waals surface area contributed by atoms with Gasteiger partial charge in [-0.05, 0) is 18.6 Å². The van der Waals surface area contributed by atoms with Gasteiger partial charge in [-0.25, -0.2) is 0 Å². The number of rotatable bonds is 6. The summed E-state index contributed by atoms with van der Waals surface area (Å²) in [6.07, 6.45) is 0.888. The first-order valence-corrected chi connectivity index (χ1v) is 6.69. The van der Waals surface area contributed by atoms with Crippen LogP contribution in [0.5, 0.6) is 5.75 Å². The van der Waals surface area contributed by atoms with E-state index < -0.39 is 0 Å². The van der Waals surface area contributed by atoms with E-state index >= 15 is 0 Å². The molecule has 0 radical (unpaired) electrons.